The summed E-state index contributed by atoms with van der Waals surface area (Å²) in [5.41, 5.74) is 0. The van der Waals surface area contributed by atoms with Crippen LogP contribution in [0.25, 0.3) is 0 Å². The topological polar surface area (TPSA) is 15.3 Å². The first-order chi connectivity index (χ1) is 4.33. The quantitative estimate of drug-likeness (QED) is 0.528. The van der Waals surface area contributed by atoms with Gasteiger partial charge >= 0.3 is 0 Å². The Morgan fingerprint density at radius 2 is 2.00 bits per heavy atom. The van der Waals surface area contributed by atoms with Crippen LogP contribution in [0.5, 0.6) is 0 Å². The highest BCUT2D eigenvalue weighted by Gasteiger charge is 2.54. The second-order valence-corrected chi connectivity index (χ2v) is 3.81. The minimum atomic E-state index is 0.849. The maximum absolute atomic E-state index is 3.30. The minimum absolute atomic E-state index is 0.849. The van der Waals surface area contributed by atoms with Crippen LogP contribution in [0.4, 0.5) is 0 Å². The molecule has 0 aromatic rings. The molecule has 2 fully saturated rings. The zero-order valence-electron chi connectivity index (χ0n) is 5.47. The second kappa shape index (κ2) is 2.07. The zero-order valence-corrected chi connectivity index (χ0v) is 7.63. The van der Waals surface area contributed by atoms with Gasteiger partial charge in [0, 0.05) is 42.0 Å². The first-order valence-electron chi connectivity index (χ1n) is 3.37. The molecule has 1 saturated carbocycles. The Morgan fingerprint density at radius 3 is 2.44 bits per heavy atom. The largest absolute Gasteiger partial charge is 0.306 e. The number of hydrogen-bond acceptors (Lipinski definition) is 2. The van der Waals surface area contributed by atoms with Crippen molar-refractivity contribution in [3.8, 4) is 0 Å². The SMILES string of the molecule is CN1CC2C(NI)[C@H]2C1. The third-order valence-electron chi connectivity index (χ3n) is 2.50. The van der Waals surface area contributed by atoms with Crippen LogP contribution >= 0.6 is 22.9 Å². The highest BCUT2D eigenvalue weighted by Crippen LogP contribution is 2.45. The van der Waals surface area contributed by atoms with Crippen molar-refractivity contribution >= 4 is 22.9 Å². The van der Waals surface area contributed by atoms with Crippen LogP contribution < -0.4 is 3.53 Å². The summed E-state index contributed by atoms with van der Waals surface area (Å²) in [6.07, 6.45) is 0. The van der Waals surface area contributed by atoms with Crippen molar-refractivity contribution in [2.45, 2.75) is 6.04 Å². The van der Waals surface area contributed by atoms with Crippen molar-refractivity contribution in [3.63, 3.8) is 0 Å². The maximum Gasteiger partial charge on any atom is 0.0251 e. The molecule has 0 radical (unpaired) electrons. The molecule has 0 bridgehead atoms. The van der Waals surface area contributed by atoms with Gasteiger partial charge in [-0.05, 0) is 18.9 Å². The van der Waals surface area contributed by atoms with Gasteiger partial charge in [0.1, 0.15) is 0 Å². The summed E-state index contributed by atoms with van der Waals surface area (Å²) in [5, 5.41) is 0. The summed E-state index contributed by atoms with van der Waals surface area (Å²) in [7, 11) is 2.20. The van der Waals surface area contributed by atoms with Gasteiger partial charge in [0.15, 0.2) is 0 Å². The van der Waals surface area contributed by atoms with Gasteiger partial charge in [-0.25, -0.2) is 0 Å². The van der Waals surface area contributed by atoms with Crippen molar-refractivity contribution in [1.29, 1.82) is 0 Å². The lowest BCUT2D eigenvalue weighted by Crippen LogP contribution is -2.24. The molecular weight excluding hydrogens is 227 g/mol. The van der Waals surface area contributed by atoms with Gasteiger partial charge in [0.2, 0.25) is 0 Å². The van der Waals surface area contributed by atoms with Gasteiger partial charge in [-0.3, -0.25) is 3.53 Å². The molecule has 2 rings (SSSR count). The lowest BCUT2D eigenvalue weighted by molar-refractivity contribution is 0.360. The number of nitrogens with one attached hydrogen (secondary N) is 1. The van der Waals surface area contributed by atoms with Crippen LogP contribution in [0, 0.1) is 11.8 Å². The molecule has 1 heterocycles. The minimum Gasteiger partial charge on any atom is -0.306 e. The summed E-state index contributed by atoms with van der Waals surface area (Å²) >= 11 is 2.27. The number of piperidine rings is 1. The van der Waals surface area contributed by atoms with Gasteiger partial charge in [0.25, 0.3) is 0 Å². The first kappa shape index (κ1) is 6.37. The van der Waals surface area contributed by atoms with Crippen LogP contribution in [0.2, 0.25) is 0 Å². The van der Waals surface area contributed by atoms with E-state index in [1.807, 2.05) is 0 Å². The van der Waals surface area contributed by atoms with E-state index in [-0.39, 0.29) is 0 Å². The standard InChI is InChI=1S/C6H11IN2/c1-9-2-4-5(3-9)6(4)8-7/h4-6,8H,2-3H2,1H3/t4-,5?,6?/m0/s1. The molecule has 2 unspecified atom stereocenters. The Hall–Kier alpha value is 0.650. The number of likely N-dealkylation sites (tertiary alicyclic amines) is 1. The molecular formula is C6H11IN2. The fourth-order valence-electron chi connectivity index (χ4n) is 1.90. The van der Waals surface area contributed by atoms with E-state index in [4.69, 9.17) is 0 Å². The van der Waals surface area contributed by atoms with E-state index >= 15 is 0 Å². The van der Waals surface area contributed by atoms with E-state index in [9.17, 15) is 0 Å². The average Bonchev–Trinajstić information content (AvgIpc) is 2.30. The molecule has 2 nitrogen and oxygen atoms in total. The number of halogens is 1. The lowest BCUT2D eigenvalue weighted by Gasteiger charge is -2.11. The third kappa shape index (κ3) is 0.897. The molecule has 0 amide bonds. The van der Waals surface area contributed by atoms with Crippen molar-refractivity contribution in [3.05, 3.63) is 0 Å². The van der Waals surface area contributed by atoms with Crippen molar-refractivity contribution in [2.24, 2.45) is 11.8 Å². The Bertz CT molecular complexity index is 116. The summed E-state index contributed by atoms with van der Waals surface area (Å²) in [4.78, 5) is 2.42. The maximum atomic E-state index is 3.30. The van der Waals surface area contributed by atoms with E-state index in [1.54, 1.807) is 0 Å². The second-order valence-electron chi connectivity index (χ2n) is 3.18. The molecule has 1 saturated heterocycles. The zero-order chi connectivity index (χ0) is 6.43. The van der Waals surface area contributed by atoms with Gasteiger partial charge < -0.3 is 4.90 Å². The molecule has 0 spiro atoms. The van der Waals surface area contributed by atoms with Gasteiger partial charge in [-0.1, -0.05) is 0 Å². The fraction of sp³-hybridized carbons (Fsp3) is 1.00. The van der Waals surface area contributed by atoms with Crippen LogP contribution in [0.1, 0.15) is 0 Å². The Kier molecular flexibility index (Phi) is 1.46. The van der Waals surface area contributed by atoms with E-state index in [0.717, 1.165) is 17.9 Å². The van der Waals surface area contributed by atoms with Crippen LogP contribution in [-0.2, 0) is 0 Å². The first-order valence-corrected chi connectivity index (χ1v) is 4.45. The normalized spacial score (nSPS) is 49.3. The smallest absolute Gasteiger partial charge is 0.0251 e. The highest BCUT2D eigenvalue weighted by molar-refractivity contribution is 14.1. The molecule has 0 aromatic carbocycles. The van der Waals surface area contributed by atoms with Gasteiger partial charge in [-0.2, -0.15) is 0 Å². The predicted molar refractivity (Wildman–Crippen MR) is 45.4 cm³/mol. The Labute approximate surface area is 69.5 Å². The Morgan fingerprint density at radius 1 is 1.44 bits per heavy atom. The number of hydrogen-bond donors (Lipinski definition) is 1. The van der Waals surface area contributed by atoms with E-state index in [2.05, 4.69) is 38.3 Å². The van der Waals surface area contributed by atoms with Gasteiger partial charge in [-0.15, -0.1) is 0 Å². The Balaban J connectivity index is 1.91. The molecule has 3 atom stereocenters. The van der Waals surface area contributed by atoms with Gasteiger partial charge in [0.05, 0.1) is 0 Å². The van der Waals surface area contributed by atoms with E-state index in [1.165, 1.54) is 13.1 Å². The van der Waals surface area contributed by atoms with Crippen molar-refractivity contribution in [1.82, 2.24) is 8.43 Å². The summed E-state index contributed by atoms with van der Waals surface area (Å²) < 4.78 is 3.30. The number of nitrogens with zero attached hydrogens (tertiary/aromatic N) is 1. The highest BCUT2D eigenvalue weighted by atomic mass is 127. The van der Waals surface area contributed by atoms with Crippen LogP contribution in [0.15, 0.2) is 0 Å². The molecule has 3 heteroatoms. The molecule has 9 heavy (non-hydrogen) atoms. The molecule has 52 valence electrons. The van der Waals surface area contributed by atoms with E-state index < -0.39 is 0 Å². The predicted octanol–water partition coefficient (Wildman–Crippen LogP) is 0.486. The molecule has 1 N–H and O–H groups in total. The van der Waals surface area contributed by atoms with E-state index in [0.29, 0.717) is 0 Å². The summed E-state index contributed by atoms with van der Waals surface area (Å²) in [6.45, 7) is 2.62. The van der Waals surface area contributed by atoms with Crippen LogP contribution in [-0.4, -0.2) is 31.1 Å². The van der Waals surface area contributed by atoms with Crippen molar-refractivity contribution < 1.29 is 0 Å². The third-order valence-corrected chi connectivity index (χ3v) is 3.22. The summed E-state index contributed by atoms with van der Waals surface area (Å²) in [5.74, 6) is 1.96. The average molecular weight is 238 g/mol. The molecule has 1 aliphatic carbocycles. The van der Waals surface area contributed by atoms with Crippen molar-refractivity contribution in [2.75, 3.05) is 20.1 Å². The lowest BCUT2D eigenvalue weighted by atomic mass is 10.4. The summed E-state index contributed by atoms with van der Waals surface area (Å²) in [6, 6.07) is 0.849. The number of fused-ring (bicyclic) bond motifs is 1. The molecule has 0 aromatic heterocycles. The molecule has 1 aliphatic heterocycles. The monoisotopic (exact) mass is 238 g/mol. The molecule has 2 aliphatic rings. The number of rotatable bonds is 1. The fourth-order valence-corrected chi connectivity index (χ4v) is 2.82. The van der Waals surface area contributed by atoms with Crippen LogP contribution in [0.3, 0.4) is 0 Å².